The molecule has 0 heterocycles. The number of hydrogen-bond donors (Lipinski definition) is 0. The molecule has 0 bridgehead atoms. The maximum Gasteiger partial charge on any atom is 0.302 e. The van der Waals surface area contributed by atoms with Crippen LogP contribution in [0, 0.1) is 0 Å². The number of aryl methyl sites for hydroxylation is 1. The van der Waals surface area contributed by atoms with Crippen molar-refractivity contribution < 1.29 is 9.53 Å². The molecular weight excluding hydrogens is 212 g/mol. The highest BCUT2D eigenvalue weighted by atomic mass is 16.5. The average Bonchev–Trinajstić information content (AvgIpc) is 2.23. The molecule has 0 aliphatic rings. The highest BCUT2D eigenvalue weighted by Gasteiger charge is 2.12. The zero-order valence-corrected chi connectivity index (χ0v) is 11.2. The smallest absolute Gasteiger partial charge is 0.302 e. The maximum absolute atomic E-state index is 10.6. The molecule has 0 saturated carbocycles. The molecule has 0 spiro atoms. The number of hydrogen-bond acceptors (Lipinski definition) is 2. The second-order valence-corrected chi connectivity index (χ2v) is 5.39. The number of carbonyl (C=O) groups excluding carboxylic acids is 1. The van der Waals surface area contributed by atoms with Gasteiger partial charge in [0.2, 0.25) is 0 Å². The molecular formula is C15H22O2. The van der Waals surface area contributed by atoms with E-state index in [1.165, 1.54) is 18.1 Å². The summed E-state index contributed by atoms with van der Waals surface area (Å²) in [6.07, 6.45) is 1.84. The fourth-order valence-electron chi connectivity index (χ4n) is 1.66. The van der Waals surface area contributed by atoms with Crippen molar-refractivity contribution in [3.8, 4) is 0 Å². The van der Waals surface area contributed by atoms with Gasteiger partial charge in [0, 0.05) is 6.92 Å². The van der Waals surface area contributed by atoms with Gasteiger partial charge in [-0.3, -0.25) is 4.79 Å². The second-order valence-electron chi connectivity index (χ2n) is 5.39. The number of carbonyl (C=O) groups is 1. The van der Waals surface area contributed by atoms with Crippen molar-refractivity contribution in [1.29, 1.82) is 0 Å². The van der Waals surface area contributed by atoms with Crippen molar-refractivity contribution in [2.75, 3.05) is 6.61 Å². The van der Waals surface area contributed by atoms with Crippen LogP contribution >= 0.6 is 0 Å². The molecule has 0 aliphatic heterocycles. The Bertz CT molecular complexity index is 358. The SMILES string of the molecule is CC(=O)OCCCc1ccc(C(C)(C)C)cc1. The van der Waals surface area contributed by atoms with Crippen molar-refractivity contribution in [2.24, 2.45) is 0 Å². The predicted molar refractivity (Wildman–Crippen MR) is 70.1 cm³/mol. The van der Waals surface area contributed by atoms with Gasteiger partial charge in [-0.15, -0.1) is 0 Å². The second kappa shape index (κ2) is 5.85. The van der Waals surface area contributed by atoms with Gasteiger partial charge in [-0.05, 0) is 29.4 Å². The first-order valence-electron chi connectivity index (χ1n) is 6.12. The van der Waals surface area contributed by atoms with Gasteiger partial charge in [0.15, 0.2) is 0 Å². The molecule has 0 atom stereocenters. The molecule has 0 fully saturated rings. The Kier molecular flexibility index (Phi) is 4.73. The molecule has 2 heteroatoms. The van der Waals surface area contributed by atoms with Crippen molar-refractivity contribution in [3.05, 3.63) is 35.4 Å². The van der Waals surface area contributed by atoms with Crippen LogP contribution in [0.15, 0.2) is 24.3 Å². The summed E-state index contributed by atoms with van der Waals surface area (Å²) >= 11 is 0. The number of ether oxygens (including phenoxy) is 1. The van der Waals surface area contributed by atoms with Crippen molar-refractivity contribution in [2.45, 2.75) is 46.0 Å². The minimum atomic E-state index is -0.201. The Morgan fingerprint density at radius 3 is 2.24 bits per heavy atom. The molecule has 94 valence electrons. The van der Waals surface area contributed by atoms with Crippen LogP contribution in [-0.2, 0) is 21.4 Å². The van der Waals surface area contributed by atoms with Crippen molar-refractivity contribution in [1.82, 2.24) is 0 Å². The van der Waals surface area contributed by atoms with Crippen LogP contribution in [0.25, 0.3) is 0 Å². The fraction of sp³-hybridized carbons (Fsp3) is 0.533. The average molecular weight is 234 g/mol. The number of esters is 1. The molecule has 17 heavy (non-hydrogen) atoms. The van der Waals surface area contributed by atoms with Gasteiger partial charge in [0.1, 0.15) is 0 Å². The Hall–Kier alpha value is -1.31. The Morgan fingerprint density at radius 2 is 1.76 bits per heavy atom. The van der Waals surface area contributed by atoms with Gasteiger partial charge in [-0.2, -0.15) is 0 Å². The molecule has 0 saturated heterocycles. The first kappa shape index (κ1) is 13.8. The molecule has 1 aromatic carbocycles. The molecule has 0 aromatic heterocycles. The Morgan fingerprint density at radius 1 is 1.18 bits per heavy atom. The molecule has 0 radical (unpaired) electrons. The molecule has 0 unspecified atom stereocenters. The molecule has 2 nitrogen and oxygen atoms in total. The van der Waals surface area contributed by atoms with E-state index >= 15 is 0 Å². The summed E-state index contributed by atoms with van der Waals surface area (Å²) in [5.74, 6) is -0.201. The molecule has 0 amide bonds. The third-order valence-corrected chi connectivity index (χ3v) is 2.74. The predicted octanol–water partition coefficient (Wildman–Crippen LogP) is 3.48. The summed E-state index contributed by atoms with van der Waals surface area (Å²) in [6.45, 7) is 8.59. The summed E-state index contributed by atoms with van der Waals surface area (Å²) < 4.78 is 4.90. The monoisotopic (exact) mass is 234 g/mol. The van der Waals surface area contributed by atoms with E-state index in [0.29, 0.717) is 6.61 Å². The van der Waals surface area contributed by atoms with Crippen molar-refractivity contribution in [3.63, 3.8) is 0 Å². The van der Waals surface area contributed by atoms with Gasteiger partial charge in [-0.1, -0.05) is 45.0 Å². The highest BCUT2D eigenvalue weighted by Crippen LogP contribution is 2.22. The zero-order chi connectivity index (χ0) is 12.9. The van der Waals surface area contributed by atoms with Crippen LogP contribution < -0.4 is 0 Å². The van der Waals surface area contributed by atoms with E-state index in [1.807, 2.05) is 0 Å². The van der Waals surface area contributed by atoms with Crippen LogP contribution in [0.3, 0.4) is 0 Å². The van der Waals surface area contributed by atoms with Gasteiger partial charge in [0.25, 0.3) is 0 Å². The quantitative estimate of drug-likeness (QED) is 0.589. The van der Waals surface area contributed by atoms with E-state index in [4.69, 9.17) is 4.74 Å². The third kappa shape index (κ3) is 5.03. The lowest BCUT2D eigenvalue weighted by atomic mass is 9.86. The van der Waals surface area contributed by atoms with Crippen LogP contribution in [-0.4, -0.2) is 12.6 Å². The first-order valence-corrected chi connectivity index (χ1v) is 6.12. The lowest BCUT2D eigenvalue weighted by Gasteiger charge is -2.19. The largest absolute Gasteiger partial charge is 0.466 e. The lowest BCUT2D eigenvalue weighted by Crippen LogP contribution is -2.10. The Labute approximate surface area is 104 Å². The topological polar surface area (TPSA) is 26.3 Å². The summed E-state index contributed by atoms with van der Waals surface area (Å²) in [6, 6.07) is 8.69. The molecule has 1 rings (SSSR count). The summed E-state index contributed by atoms with van der Waals surface area (Å²) in [5, 5.41) is 0. The summed E-state index contributed by atoms with van der Waals surface area (Å²) in [7, 11) is 0. The maximum atomic E-state index is 10.6. The van der Waals surface area contributed by atoms with Gasteiger partial charge in [0.05, 0.1) is 6.61 Å². The molecule has 1 aromatic rings. The van der Waals surface area contributed by atoms with E-state index in [9.17, 15) is 4.79 Å². The van der Waals surface area contributed by atoms with E-state index in [2.05, 4.69) is 45.0 Å². The van der Waals surface area contributed by atoms with Crippen LogP contribution in [0.1, 0.15) is 45.2 Å². The molecule has 0 N–H and O–H groups in total. The standard InChI is InChI=1S/C15H22O2/c1-12(16)17-11-5-6-13-7-9-14(10-8-13)15(2,3)4/h7-10H,5-6,11H2,1-4H3. The number of rotatable bonds is 4. The third-order valence-electron chi connectivity index (χ3n) is 2.74. The van der Waals surface area contributed by atoms with E-state index in [0.717, 1.165) is 12.8 Å². The minimum absolute atomic E-state index is 0.201. The van der Waals surface area contributed by atoms with E-state index in [-0.39, 0.29) is 11.4 Å². The minimum Gasteiger partial charge on any atom is -0.466 e. The van der Waals surface area contributed by atoms with Gasteiger partial charge < -0.3 is 4.74 Å². The lowest BCUT2D eigenvalue weighted by molar-refractivity contribution is -0.141. The molecule has 0 aliphatic carbocycles. The first-order chi connectivity index (χ1) is 7.89. The normalized spacial score (nSPS) is 11.3. The summed E-state index contributed by atoms with van der Waals surface area (Å²) in [4.78, 5) is 10.6. The zero-order valence-electron chi connectivity index (χ0n) is 11.2. The van der Waals surface area contributed by atoms with Crippen LogP contribution in [0.2, 0.25) is 0 Å². The fourth-order valence-corrected chi connectivity index (χ4v) is 1.66. The van der Waals surface area contributed by atoms with Crippen LogP contribution in [0.4, 0.5) is 0 Å². The highest BCUT2D eigenvalue weighted by molar-refractivity contribution is 5.65. The van der Waals surface area contributed by atoms with E-state index < -0.39 is 0 Å². The van der Waals surface area contributed by atoms with Gasteiger partial charge >= 0.3 is 5.97 Å². The number of benzene rings is 1. The van der Waals surface area contributed by atoms with Gasteiger partial charge in [-0.25, -0.2) is 0 Å². The van der Waals surface area contributed by atoms with Crippen LogP contribution in [0.5, 0.6) is 0 Å². The van der Waals surface area contributed by atoms with Crippen molar-refractivity contribution >= 4 is 5.97 Å². The summed E-state index contributed by atoms with van der Waals surface area (Å²) in [5.41, 5.74) is 2.85. The Balaban J connectivity index is 2.43. The van der Waals surface area contributed by atoms with E-state index in [1.54, 1.807) is 0 Å².